The van der Waals surface area contributed by atoms with Crippen LogP contribution in [0.15, 0.2) is 71.6 Å². The molecule has 0 heterocycles. The predicted molar refractivity (Wildman–Crippen MR) is 159 cm³/mol. The van der Waals surface area contributed by atoms with Gasteiger partial charge in [-0.25, -0.2) is 13.1 Å². The van der Waals surface area contributed by atoms with Crippen molar-refractivity contribution in [2.45, 2.75) is 81.7 Å². The first-order chi connectivity index (χ1) is 20.5. The first kappa shape index (κ1) is 33.1. The molecule has 2 atom stereocenters. The van der Waals surface area contributed by atoms with E-state index >= 15 is 0 Å². The molecular formula is C31H35F3N4O5S. The Hall–Kier alpha value is -3.81. The summed E-state index contributed by atoms with van der Waals surface area (Å²) in [5.74, 6) is -0.524. The van der Waals surface area contributed by atoms with Crippen LogP contribution in [-0.2, 0) is 34.0 Å². The second-order valence-corrected chi connectivity index (χ2v) is 13.6. The lowest BCUT2D eigenvalue weighted by Crippen LogP contribution is -2.36. The maximum atomic E-state index is 13.4. The molecule has 3 aromatic rings. The Morgan fingerprint density at radius 1 is 1.05 bits per heavy atom. The Kier molecular flexibility index (Phi) is 9.81. The first-order valence-electron chi connectivity index (χ1n) is 14.1. The van der Waals surface area contributed by atoms with Crippen LogP contribution < -0.4 is 15.4 Å². The van der Waals surface area contributed by atoms with E-state index in [0.717, 1.165) is 53.8 Å². The van der Waals surface area contributed by atoms with Gasteiger partial charge >= 0.3 is 6.18 Å². The number of sulfonamides is 1. The minimum Gasteiger partial charge on any atom is -0.349 e. The summed E-state index contributed by atoms with van der Waals surface area (Å²) < 4.78 is 68.6. The van der Waals surface area contributed by atoms with E-state index in [2.05, 4.69) is 42.2 Å². The van der Waals surface area contributed by atoms with Crippen LogP contribution >= 0.6 is 0 Å². The minimum atomic E-state index is -4.77. The third-order valence-electron chi connectivity index (χ3n) is 7.32. The summed E-state index contributed by atoms with van der Waals surface area (Å²) in [4.78, 5) is 23.5. The van der Waals surface area contributed by atoms with Crippen molar-refractivity contribution in [1.29, 1.82) is 0 Å². The largest absolute Gasteiger partial charge is 0.416 e. The number of nitrogens with zero attached hydrogens (tertiary/aromatic N) is 1. The van der Waals surface area contributed by atoms with E-state index < -0.39 is 50.0 Å². The quantitative estimate of drug-likeness (QED) is 0.183. The number of nitrogens with one attached hydrogen (secondary N) is 3. The SMILES string of the molecule is CC(C)(C)NCc1ccc2c(c1)CCC[C@H]2NC(=O)C[C@@H](NS(=O)(=O)c1cccc(C(F)(F)F)c1)c1cccc([N+](=O)[O-])c1. The summed E-state index contributed by atoms with van der Waals surface area (Å²) >= 11 is 0. The molecule has 0 saturated carbocycles. The van der Waals surface area contributed by atoms with Gasteiger partial charge in [0, 0.05) is 30.6 Å². The van der Waals surface area contributed by atoms with Crippen molar-refractivity contribution >= 4 is 21.6 Å². The van der Waals surface area contributed by atoms with Crippen molar-refractivity contribution in [3.05, 3.63) is 105 Å². The fourth-order valence-electron chi connectivity index (χ4n) is 5.11. The summed E-state index contributed by atoms with van der Waals surface area (Å²) in [6.45, 7) is 6.93. The molecule has 236 valence electrons. The van der Waals surface area contributed by atoms with Gasteiger partial charge in [0.05, 0.1) is 27.5 Å². The van der Waals surface area contributed by atoms with Gasteiger partial charge in [-0.15, -0.1) is 0 Å². The molecular weight excluding hydrogens is 597 g/mol. The Labute approximate surface area is 254 Å². The molecule has 1 aliphatic rings. The summed E-state index contributed by atoms with van der Waals surface area (Å²) in [7, 11) is -4.58. The average molecular weight is 633 g/mol. The van der Waals surface area contributed by atoms with Crippen LogP contribution in [0, 0.1) is 10.1 Å². The van der Waals surface area contributed by atoms with Crippen molar-refractivity contribution in [2.24, 2.45) is 0 Å². The van der Waals surface area contributed by atoms with Gasteiger partial charge in [-0.2, -0.15) is 13.2 Å². The van der Waals surface area contributed by atoms with E-state index in [1.807, 2.05) is 12.1 Å². The predicted octanol–water partition coefficient (Wildman–Crippen LogP) is 6.11. The van der Waals surface area contributed by atoms with Gasteiger partial charge in [-0.3, -0.25) is 14.9 Å². The molecule has 3 aromatic carbocycles. The molecule has 0 bridgehead atoms. The van der Waals surface area contributed by atoms with Crippen LogP contribution in [-0.4, -0.2) is 24.8 Å². The fourth-order valence-corrected chi connectivity index (χ4v) is 6.38. The molecule has 44 heavy (non-hydrogen) atoms. The zero-order valence-electron chi connectivity index (χ0n) is 24.6. The van der Waals surface area contributed by atoms with Crippen LogP contribution in [0.2, 0.25) is 0 Å². The Balaban J connectivity index is 1.57. The van der Waals surface area contributed by atoms with E-state index in [1.165, 1.54) is 18.2 Å². The van der Waals surface area contributed by atoms with Crippen LogP contribution in [0.5, 0.6) is 0 Å². The Morgan fingerprint density at radius 3 is 2.45 bits per heavy atom. The van der Waals surface area contributed by atoms with Crippen molar-refractivity contribution < 1.29 is 31.3 Å². The number of nitro benzene ring substituents is 1. The van der Waals surface area contributed by atoms with Crippen LogP contribution in [0.4, 0.5) is 18.9 Å². The molecule has 1 aliphatic carbocycles. The zero-order chi connectivity index (χ0) is 32.3. The normalized spacial score (nSPS) is 16.2. The monoisotopic (exact) mass is 632 g/mol. The van der Waals surface area contributed by atoms with E-state index in [1.54, 1.807) is 0 Å². The standard InChI is InChI=1S/C31H35F3N4O5S/c1-30(2,3)35-19-20-13-14-26-21(15-20)7-5-12-27(26)36-29(39)18-28(22-8-4-10-24(16-22)38(40)41)37-44(42,43)25-11-6-9-23(17-25)31(32,33)34/h4,6,8-11,13-17,27-28,35,37H,5,7,12,18-19H2,1-3H3,(H,36,39)/t27-,28-/m1/s1. The molecule has 9 nitrogen and oxygen atoms in total. The molecule has 13 heteroatoms. The van der Waals surface area contributed by atoms with Gasteiger partial charge in [-0.05, 0) is 80.5 Å². The number of hydrogen-bond acceptors (Lipinski definition) is 6. The third-order valence-corrected chi connectivity index (χ3v) is 8.79. The smallest absolute Gasteiger partial charge is 0.349 e. The summed E-state index contributed by atoms with van der Waals surface area (Å²) in [6.07, 6.45) is -2.89. The van der Waals surface area contributed by atoms with E-state index in [-0.39, 0.29) is 22.8 Å². The number of halogens is 3. The molecule has 3 N–H and O–H groups in total. The van der Waals surface area contributed by atoms with Gasteiger partial charge in [0.1, 0.15) is 0 Å². The second kappa shape index (κ2) is 13.0. The molecule has 4 rings (SSSR count). The lowest BCUT2D eigenvalue weighted by atomic mass is 9.86. The topological polar surface area (TPSA) is 130 Å². The molecule has 0 aliphatic heterocycles. The van der Waals surface area contributed by atoms with Crippen molar-refractivity contribution in [3.8, 4) is 0 Å². The van der Waals surface area contributed by atoms with Crippen LogP contribution in [0.25, 0.3) is 0 Å². The van der Waals surface area contributed by atoms with E-state index in [4.69, 9.17) is 0 Å². The molecule has 1 amide bonds. The van der Waals surface area contributed by atoms with E-state index in [0.29, 0.717) is 19.0 Å². The third kappa shape index (κ3) is 8.64. The van der Waals surface area contributed by atoms with Gasteiger partial charge in [0.15, 0.2) is 0 Å². The highest BCUT2D eigenvalue weighted by Crippen LogP contribution is 2.33. The number of carbonyl (C=O) groups excluding carboxylic acids is 1. The summed E-state index contributed by atoms with van der Waals surface area (Å²) in [5.41, 5.74) is 1.76. The number of hydrogen-bond donors (Lipinski definition) is 3. The molecule has 0 unspecified atom stereocenters. The number of benzene rings is 3. The minimum absolute atomic E-state index is 0.0508. The average Bonchev–Trinajstić information content (AvgIpc) is 2.95. The maximum Gasteiger partial charge on any atom is 0.416 e. The van der Waals surface area contributed by atoms with Gasteiger partial charge in [-0.1, -0.05) is 36.4 Å². The van der Waals surface area contributed by atoms with Gasteiger partial charge < -0.3 is 10.6 Å². The number of aryl methyl sites for hydroxylation is 1. The fraction of sp³-hybridized carbons (Fsp3) is 0.387. The molecule has 0 spiro atoms. The number of amides is 1. The number of rotatable bonds is 10. The lowest BCUT2D eigenvalue weighted by molar-refractivity contribution is -0.384. The Morgan fingerprint density at radius 2 is 1.77 bits per heavy atom. The lowest BCUT2D eigenvalue weighted by Gasteiger charge is -2.28. The van der Waals surface area contributed by atoms with Gasteiger partial charge in [0.2, 0.25) is 15.9 Å². The number of non-ortho nitro benzene ring substituents is 1. The molecule has 0 saturated heterocycles. The highest BCUT2D eigenvalue weighted by molar-refractivity contribution is 7.89. The van der Waals surface area contributed by atoms with Crippen molar-refractivity contribution in [3.63, 3.8) is 0 Å². The highest BCUT2D eigenvalue weighted by Gasteiger charge is 2.33. The summed E-state index contributed by atoms with van der Waals surface area (Å²) in [5, 5.41) is 17.8. The molecule has 0 radical (unpaired) electrons. The highest BCUT2D eigenvalue weighted by atomic mass is 32.2. The molecule has 0 fully saturated rings. The van der Waals surface area contributed by atoms with E-state index in [9.17, 15) is 36.5 Å². The number of fused-ring (bicyclic) bond motifs is 1. The Bertz CT molecular complexity index is 1640. The van der Waals surface area contributed by atoms with Crippen LogP contribution in [0.3, 0.4) is 0 Å². The van der Waals surface area contributed by atoms with Crippen molar-refractivity contribution in [2.75, 3.05) is 0 Å². The van der Waals surface area contributed by atoms with Gasteiger partial charge in [0.25, 0.3) is 5.69 Å². The number of nitro groups is 1. The second-order valence-electron chi connectivity index (χ2n) is 11.9. The van der Waals surface area contributed by atoms with Crippen molar-refractivity contribution in [1.82, 2.24) is 15.4 Å². The number of alkyl halides is 3. The van der Waals surface area contributed by atoms with Crippen LogP contribution in [0.1, 0.15) is 79.9 Å². The number of carbonyl (C=O) groups is 1. The zero-order valence-corrected chi connectivity index (χ0v) is 25.4. The first-order valence-corrected chi connectivity index (χ1v) is 15.6. The maximum absolute atomic E-state index is 13.4. The molecule has 0 aromatic heterocycles. The summed E-state index contributed by atoms with van der Waals surface area (Å²) in [6, 6.07) is 12.8.